The number of carbonyl (C=O) groups is 5. The molecule has 0 bridgehead atoms. The van der Waals surface area contributed by atoms with Crippen LogP contribution in [0.25, 0.3) is 0 Å². The van der Waals surface area contributed by atoms with Gasteiger partial charge < -0.3 is 0 Å². The molecule has 0 spiro atoms. The lowest BCUT2D eigenvalue weighted by Crippen LogP contribution is -2.37. The summed E-state index contributed by atoms with van der Waals surface area (Å²) in [5.74, 6) is -1.87. The van der Waals surface area contributed by atoms with Crippen molar-refractivity contribution in [2.24, 2.45) is 0 Å². The summed E-state index contributed by atoms with van der Waals surface area (Å²) in [7, 11) is 0. The summed E-state index contributed by atoms with van der Waals surface area (Å²) in [6.07, 6.45) is 5.39. The molecule has 0 unspecified atom stereocenters. The fourth-order valence-corrected chi connectivity index (χ4v) is 3.17. The van der Waals surface area contributed by atoms with Crippen molar-refractivity contribution in [3.63, 3.8) is 0 Å². The summed E-state index contributed by atoms with van der Waals surface area (Å²) >= 11 is 0. The average Bonchev–Trinajstić information content (AvgIpc) is 3.06. The zero-order chi connectivity index (χ0) is 20.5. The van der Waals surface area contributed by atoms with E-state index in [0.29, 0.717) is 22.5 Å². The molecular weight excluding hydrogens is 372 g/mol. The van der Waals surface area contributed by atoms with Crippen LogP contribution in [0.4, 0.5) is 11.4 Å². The molecule has 0 N–H and O–H groups in total. The lowest BCUT2D eigenvalue weighted by atomic mass is 10.0. The summed E-state index contributed by atoms with van der Waals surface area (Å²) in [5, 5.41) is 0. The standard InChI is InChI=1S/C22H14N2O5/c25-18-2-1-3-19(26)23(18)16-8-4-14(5-9-16)22(29)15-6-10-17(11-7-15)24-20(27)12-13-21(24)28/h1-2,4-13H,3H2. The van der Waals surface area contributed by atoms with Gasteiger partial charge in [0.1, 0.15) is 0 Å². The van der Waals surface area contributed by atoms with Crippen molar-refractivity contribution in [2.45, 2.75) is 6.42 Å². The number of anilines is 2. The van der Waals surface area contributed by atoms with Crippen molar-refractivity contribution < 1.29 is 24.0 Å². The minimum atomic E-state index is -0.429. The number of imide groups is 2. The van der Waals surface area contributed by atoms with Gasteiger partial charge >= 0.3 is 0 Å². The van der Waals surface area contributed by atoms with Gasteiger partial charge in [-0.15, -0.1) is 0 Å². The maximum Gasteiger partial charge on any atom is 0.258 e. The normalized spacial score (nSPS) is 16.1. The number of ketones is 1. The van der Waals surface area contributed by atoms with Gasteiger partial charge in [0.2, 0.25) is 5.91 Å². The lowest BCUT2D eigenvalue weighted by molar-refractivity contribution is -0.125. The molecule has 0 atom stereocenters. The van der Waals surface area contributed by atoms with Crippen LogP contribution in [0.5, 0.6) is 0 Å². The Morgan fingerprint density at radius 2 is 1.07 bits per heavy atom. The van der Waals surface area contributed by atoms with Gasteiger partial charge in [0, 0.05) is 35.8 Å². The van der Waals surface area contributed by atoms with Crippen LogP contribution >= 0.6 is 0 Å². The Hall–Kier alpha value is -4.13. The minimum Gasteiger partial charge on any atom is -0.289 e. The number of nitrogens with zero attached hydrogens (tertiary/aromatic N) is 2. The van der Waals surface area contributed by atoms with E-state index in [-0.39, 0.29) is 18.1 Å². The maximum atomic E-state index is 12.7. The molecule has 2 aliphatic heterocycles. The highest BCUT2D eigenvalue weighted by atomic mass is 16.2. The second-order valence-corrected chi connectivity index (χ2v) is 6.44. The van der Waals surface area contributed by atoms with Crippen LogP contribution < -0.4 is 9.80 Å². The van der Waals surface area contributed by atoms with Crippen molar-refractivity contribution in [2.75, 3.05) is 9.80 Å². The van der Waals surface area contributed by atoms with Crippen LogP contribution in [0.2, 0.25) is 0 Å². The number of benzene rings is 2. The van der Waals surface area contributed by atoms with Crippen LogP contribution in [0, 0.1) is 0 Å². The molecule has 2 heterocycles. The Labute approximate surface area is 165 Å². The highest BCUT2D eigenvalue weighted by molar-refractivity contribution is 6.28. The first-order valence-corrected chi connectivity index (χ1v) is 8.80. The summed E-state index contributed by atoms with van der Waals surface area (Å²) in [6, 6.07) is 12.3. The average molecular weight is 386 g/mol. The molecule has 2 aliphatic rings. The third-order valence-electron chi connectivity index (χ3n) is 4.61. The second-order valence-electron chi connectivity index (χ2n) is 6.44. The van der Waals surface area contributed by atoms with Gasteiger partial charge in [-0.05, 0) is 48.5 Å². The molecule has 0 aliphatic carbocycles. The summed E-state index contributed by atoms with van der Waals surface area (Å²) in [4.78, 5) is 62.1. The van der Waals surface area contributed by atoms with Crippen molar-refractivity contribution in [1.82, 2.24) is 0 Å². The van der Waals surface area contributed by atoms with Crippen molar-refractivity contribution >= 4 is 40.8 Å². The van der Waals surface area contributed by atoms with E-state index in [9.17, 15) is 24.0 Å². The third-order valence-corrected chi connectivity index (χ3v) is 4.61. The number of amides is 4. The van der Waals surface area contributed by atoms with Crippen molar-refractivity contribution in [3.05, 3.63) is 84.0 Å². The largest absolute Gasteiger partial charge is 0.289 e. The first kappa shape index (κ1) is 18.2. The quantitative estimate of drug-likeness (QED) is 0.593. The highest BCUT2D eigenvalue weighted by Gasteiger charge is 2.26. The number of rotatable bonds is 4. The fourth-order valence-electron chi connectivity index (χ4n) is 3.17. The lowest BCUT2D eigenvalue weighted by Gasteiger charge is -2.21. The van der Waals surface area contributed by atoms with E-state index in [1.807, 2.05) is 0 Å². The molecule has 0 saturated heterocycles. The summed E-state index contributed by atoms with van der Waals surface area (Å²) in [6.45, 7) is 0. The molecule has 0 aromatic heterocycles. The van der Waals surface area contributed by atoms with Crippen molar-refractivity contribution in [3.8, 4) is 0 Å². The van der Waals surface area contributed by atoms with Crippen LogP contribution in [0.3, 0.4) is 0 Å². The Balaban J connectivity index is 1.53. The molecule has 4 amide bonds. The summed E-state index contributed by atoms with van der Waals surface area (Å²) in [5.41, 5.74) is 1.53. The number of carbonyl (C=O) groups excluding carboxylic acids is 5. The van der Waals surface area contributed by atoms with Gasteiger partial charge in [-0.2, -0.15) is 0 Å². The topological polar surface area (TPSA) is 91.8 Å². The van der Waals surface area contributed by atoms with E-state index in [1.54, 1.807) is 24.3 Å². The smallest absolute Gasteiger partial charge is 0.258 e. The minimum absolute atomic E-state index is 0.149. The maximum absolute atomic E-state index is 12.7. The monoisotopic (exact) mass is 386 g/mol. The molecule has 0 fully saturated rings. The SMILES string of the molecule is O=C(c1ccc(N2C(=O)C=CC2=O)cc1)c1ccc(N2C(=O)C=CCC2=O)cc1. The molecule has 29 heavy (non-hydrogen) atoms. The van der Waals surface area contributed by atoms with Crippen molar-refractivity contribution in [1.29, 1.82) is 0 Å². The highest BCUT2D eigenvalue weighted by Crippen LogP contribution is 2.23. The van der Waals surface area contributed by atoms with Crippen LogP contribution in [-0.4, -0.2) is 29.4 Å². The Kier molecular flexibility index (Phi) is 4.48. The van der Waals surface area contributed by atoms with Crippen LogP contribution in [0.1, 0.15) is 22.3 Å². The molecule has 0 saturated carbocycles. The first-order chi connectivity index (χ1) is 14.0. The van der Waals surface area contributed by atoms with E-state index in [2.05, 4.69) is 0 Å². The van der Waals surface area contributed by atoms with E-state index < -0.39 is 17.7 Å². The van der Waals surface area contributed by atoms with Gasteiger partial charge in [0.25, 0.3) is 17.7 Å². The van der Waals surface area contributed by atoms with Crippen LogP contribution in [0.15, 0.2) is 72.8 Å². The van der Waals surface area contributed by atoms with E-state index in [4.69, 9.17) is 0 Å². The van der Waals surface area contributed by atoms with E-state index in [0.717, 1.165) is 9.80 Å². The first-order valence-electron chi connectivity index (χ1n) is 8.80. The van der Waals surface area contributed by atoms with Gasteiger partial charge in [0.15, 0.2) is 5.78 Å². The Bertz CT molecular complexity index is 1090. The zero-order valence-corrected chi connectivity index (χ0v) is 15.1. The Morgan fingerprint density at radius 1 is 0.621 bits per heavy atom. The predicted molar refractivity (Wildman–Crippen MR) is 104 cm³/mol. The predicted octanol–water partition coefficient (Wildman–Crippen LogP) is 2.17. The number of hydrogen-bond acceptors (Lipinski definition) is 5. The molecule has 2 aromatic rings. The fraction of sp³-hybridized carbons (Fsp3) is 0.0455. The molecule has 7 nitrogen and oxygen atoms in total. The van der Waals surface area contributed by atoms with Gasteiger partial charge in [-0.1, -0.05) is 6.08 Å². The van der Waals surface area contributed by atoms with Gasteiger partial charge in [-0.25, -0.2) is 9.80 Å². The molecule has 2 aromatic carbocycles. The molecule has 7 heteroatoms. The summed E-state index contributed by atoms with van der Waals surface area (Å²) < 4.78 is 0. The Morgan fingerprint density at radius 3 is 1.55 bits per heavy atom. The van der Waals surface area contributed by atoms with E-state index >= 15 is 0 Å². The van der Waals surface area contributed by atoms with E-state index in [1.165, 1.54) is 48.6 Å². The molecule has 4 rings (SSSR count). The van der Waals surface area contributed by atoms with Gasteiger partial charge in [0.05, 0.1) is 11.4 Å². The molecule has 0 radical (unpaired) electrons. The number of hydrogen-bond donors (Lipinski definition) is 0. The van der Waals surface area contributed by atoms with Crippen LogP contribution in [-0.2, 0) is 19.2 Å². The molecular formula is C22H14N2O5. The van der Waals surface area contributed by atoms with Gasteiger partial charge in [-0.3, -0.25) is 24.0 Å². The zero-order valence-electron chi connectivity index (χ0n) is 15.1. The molecule has 142 valence electrons. The second kappa shape index (κ2) is 7.12. The third kappa shape index (κ3) is 3.29.